The third-order valence-electron chi connectivity index (χ3n) is 7.82. The number of carboxylic acid groups (broad SMARTS) is 1. The fourth-order valence-corrected chi connectivity index (χ4v) is 6.11. The van der Waals surface area contributed by atoms with E-state index in [1.807, 2.05) is 30.3 Å². The van der Waals surface area contributed by atoms with Crippen LogP contribution in [0.3, 0.4) is 0 Å². The number of H-pyrrole nitrogens is 1. The first kappa shape index (κ1) is 26.6. The average Bonchev–Trinajstić information content (AvgIpc) is 3.44. The molecular formula is C31H27ClN4O5. The van der Waals surface area contributed by atoms with Crippen LogP contribution in [0, 0.1) is 5.92 Å². The van der Waals surface area contributed by atoms with Crippen LogP contribution in [-0.2, 0) is 16.0 Å². The maximum atomic E-state index is 14.2. The van der Waals surface area contributed by atoms with E-state index in [2.05, 4.69) is 10.3 Å². The molecule has 0 bridgehead atoms. The normalized spacial score (nSPS) is 18.9. The molecule has 1 aromatic heterocycles. The summed E-state index contributed by atoms with van der Waals surface area (Å²) in [6.45, 7) is 3.37. The Labute approximate surface area is 240 Å². The van der Waals surface area contributed by atoms with Crippen LogP contribution in [0.5, 0.6) is 0 Å². The number of carbonyl (C=O) groups is 4. The van der Waals surface area contributed by atoms with E-state index < -0.39 is 41.9 Å². The lowest BCUT2D eigenvalue weighted by atomic mass is 9.89. The van der Waals surface area contributed by atoms with Crippen LogP contribution in [0.1, 0.15) is 47.1 Å². The zero-order chi connectivity index (χ0) is 29.0. The van der Waals surface area contributed by atoms with Gasteiger partial charge in [-0.2, -0.15) is 0 Å². The molecule has 208 valence electrons. The first-order valence-electron chi connectivity index (χ1n) is 13.3. The maximum Gasteiger partial charge on any atom is 0.332 e. The van der Waals surface area contributed by atoms with Crippen molar-refractivity contribution in [2.45, 2.75) is 38.4 Å². The van der Waals surface area contributed by atoms with Gasteiger partial charge in [0.25, 0.3) is 11.8 Å². The largest absolute Gasteiger partial charge is 0.480 e. The van der Waals surface area contributed by atoms with Gasteiger partial charge in [-0.15, -0.1) is 0 Å². The molecule has 2 aliphatic rings. The number of hydrogen-bond acceptors (Lipinski definition) is 4. The molecule has 2 aliphatic heterocycles. The van der Waals surface area contributed by atoms with Crippen molar-refractivity contribution in [3.63, 3.8) is 0 Å². The molecule has 0 spiro atoms. The Balaban J connectivity index is 1.45. The summed E-state index contributed by atoms with van der Waals surface area (Å²) in [6, 6.07) is 18.1. The van der Waals surface area contributed by atoms with Crippen LogP contribution in [0.2, 0.25) is 5.02 Å². The van der Waals surface area contributed by atoms with Gasteiger partial charge in [0, 0.05) is 28.0 Å². The number of aliphatic carboxylic acids is 1. The lowest BCUT2D eigenvalue weighted by Gasteiger charge is -2.36. The summed E-state index contributed by atoms with van der Waals surface area (Å²) >= 11 is 6.37. The molecule has 41 heavy (non-hydrogen) atoms. The Kier molecular flexibility index (Phi) is 6.54. The molecule has 4 amide bonds. The molecule has 0 radical (unpaired) electrons. The summed E-state index contributed by atoms with van der Waals surface area (Å²) in [5.41, 5.74) is 3.53. The molecule has 0 unspecified atom stereocenters. The number of para-hydroxylation sites is 2. The quantitative estimate of drug-likeness (QED) is 0.277. The Morgan fingerprint density at radius 2 is 1.76 bits per heavy atom. The van der Waals surface area contributed by atoms with Crippen LogP contribution >= 0.6 is 11.6 Å². The minimum atomic E-state index is -1.17. The topological polar surface area (TPSA) is 123 Å². The molecule has 3 atom stereocenters. The van der Waals surface area contributed by atoms with Gasteiger partial charge in [0.15, 0.2) is 0 Å². The number of aromatic amines is 1. The molecule has 3 aromatic carbocycles. The zero-order valence-electron chi connectivity index (χ0n) is 22.3. The third-order valence-corrected chi connectivity index (χ3v) is 8.06. The summed E-state index contributed by atoms with van der Waals surface area (Å²) in [5, 5.41) is 13.6. The third kappa shape index (κ3) is 4.33. The van der Waals surface area contributed by atoms with Crippen LogP contribution in [0.4, 0.5) is 10.5 Å². The van der Waals surface area contributed by atoms with Crippen molar-refractivity contribution in [3.8, 4) is 0 Å². The van der Waals surface area contributed by atoms with E-state index in [4.69, 9.17) is 11.6 Å². The second-order valence-electron chi connectivity index (χ2n) is 10.7. The average molecular weight is 571 g/mol. The monoisotopic (exact) mass is 570 g/mol. The number of halogens is 1. The Hall–Kier alpha value is -4.63. The lowest BCUT2D eigenvalue weighted by molar-refractivity contribution is -0.140. The van der Waals surface area contributed by atoms with Gasteiger partial charge < -0.3 is 15.4 Å². The first-order chi connectivity index (χ1) is 19.7. The van der Waals surface area contributed by atoms with Crippen LogP contribution in [0.15, 0.2) is 72.8 Å². The van der Waals surface area contributed by atoms with Gasteiger partial charge in [0.05, 0.1) is 11.3 Å². The van der Waals surface area contributed by atoms with Gasteiger partial charge in [-0.1, -0.05) is 67.9 Å². The summed E-state index contributed by atoms with van der Waals surface area (Å²) in [7, 11) is 0. The van der Waals surface area contributed by atoms with Crippen molar-refractivity contribution in [3.05, 3.63) is 100 Å². The highest BCUT2D eigenvalue weighted by Crippen LogP contribution is 2.45. The van der Waals surface area contributed by atoms with E-state index in [1.165, 1.54) is 12.1 Å². The molecule has 1 saturated heterocycles. The number of aromatic nitrogens is 1. The standard InChI is InChI=1S/C31H27ClN4O5/c1-16(2)25(30(39)40)34-28(37)20-11-4-6-13-23(20)36-29(38)24-15-21-19-10-3-5-12-22(19)33-26(21)27(35(24)31(36)41)17-8-7-9-18(32)14-17/h3-14,16,24-25,27,33H,15H2,1-2H3,(H,34,37)(H,39,40)/t24-,25-,27+/m0/s1. The van der Waals surface area contributed by atoms with Crippen molar-refractivity contribution < 1.29 is 24.3 Å². The van der Waals surface area contributed by atoms with E-state index in [0.717, 1.165) is 32.6 Å². The smallest absolute Gasteiger partial charge is 0.332 e. The zero-order valence-corrected chi connectivity index (χ0v) is 23.1. The molecule has 9 nitrogen and oxygen atoms in total. The number of carboxylic acids is 1. The Bertz CT molecular complexity index is 1730. The van der Waals surface area contributed by atoms with Crippen LogP contribution < -0.4 is 10.2 Å². The SMILES string of the molecule is CC(C)[C@H](NC(=O)c1ccccc1N1C(=O)[C@@H]2Cc3c([nH]c4ccccc34)[C@@H](c3cccc(Cl)c3)N2C1=O)C(=O)O. The van der Waals surface area contributed by atoms with Gasteiger partial charge in [-0.25, -0.2) is 14.5 Å². The number of amides is 4. The fraction of sp³-hybridized carbons (Fsp3) is 0.226. The number of hydrogen-bond donors (Lipinski definition) is 3. The number of imide groups is 1. The Morgan fingerprint density at radius 1 is 1.02 bits per heavy atom. The molecule has 4 aromatic rings. The molecule has 3 heterocycles. The summed E-state index contributed by atoms with van der Waals surface area (Å²) in [5.74, 6) is -2.70. The van der Waals surface area contributed by atoms with Crippen molar-refractivity contribution >= 4 is 52.0 Å². The van der Waals surface area contributed by atoms with E-state index >= 15 is 0 Å². The fourth-order valence-electron chi connectivity index (χ4n) is 5.91. The number of fused-ring (bicyclic) bond motifs is 4. The second-order valence-corrected chi connectivity index (χ2v) is 11.1. The highest BCUT2D eigenvalue weighted by Gasteiger charge is 2.53. The van der Waals surface area contributed by atoms with Gasteiger partial charge in [0.1, 0.15) is 18.1 Å². The van der Waals surface area contributed by atoms with E-state index in [0.29, 0.717) is 11.4 Å². The molecule has 1 fully saturated rings. The van der Waals surface area contributed by atoms with Crippen LogP contribution in [-0.4, -0.2) is 50.9 Å². The molecule has 10 heteroatoms. The lowest BCUT2D eigenvalue weighted by Crippen LogP contribution is -2.45. The minimum Gasteiger partial charge on any atom is -0.480 e. The van der Waals surface area contributed by atoms with Gasteiger partial charge in [-0.05, 0) is 47.4 Å². The summed E-state index contributed by atoms with van der Waals surface area (Å²) in [6.07, 6.45) is 0.292. The minimum absolute atomic E-state index is 0.0317. The number of anilines is 1. The molecule has 3 N–H and O–H groups in total. The number of benzene rings is 3. The van der Waals surface area contributed by atoms with E-state index in [9.17, 15) is 24.3 Å². The van der Waals surface area contributed by atoms with Crippen LogP contribution in [0.25, 0.3) is 10.9 Å². The van der Waals surface area contributed by atoms with Gasteiger partial charge >= 0.3 is 12.0 Å². The van der Waals surface area contributed by atoms with Crippen molar-refractivity contribution in [2.75, 3.05) is 4.90 Å². The molecule has 0 aliphatic carbocycles. The van der Waals surface area contributed by atoms with Crippen molar-refractivity contribution in [2.24, 2.45) is 5.92 Å². The highest BCUT2D eigenvalue weighted by molar-refractivity contribution is 6.30. The number of nitrogens with one attached hydrogen (secondary N) is 2. The summed E-state index contributed by atoms with van der Waals surface area (Å²) in [4.78, 5) is 59.4. The summed E-state index contributed by atoms with van der Waals surface area (Å²) < 4.78 is 0. The maximum absolute atomic E-state index is 14.2. The number of carbonyl (C=O) groups excluding carboxylic acids is 3. The highest BCUT2D eigenvalue weighted by atomic mass is 35.5. The predicted molar refractivity (Wildman–Crippen MR) is 154 cm³/mol. The number of rotatable bonds is 6. The van der Waals surface area contributed by atoms with Crippen molar-refractivity contribution in [1.82, 2.24) is 15.2 Å². The van der Waals surface area contributed by atoms with Crippen molar-refractivity contribution in [1.29, 1.82) is 0 Å². The van der Waals surface area contributed by atoms with Gasteiger partial charge in [0.2, 0.25) is 0 Å². The number of nitrogens with zero attached hydrogens (tertiary/aromatic N) is 2. The molecule has 6 rings (SSSR count). The molecule has 0 saturated carbocycles. The predicted octanol–water partition coefficient (Wildman–Crippen LogP) is 5.14. The van der Waals surface area contributed by atoms with Gasteiger partial charge in [-0.3, -0.25) is 14.5 Å². The van der Waals surface area contributed by atoms with E-state index in [1.54, 1.807) is 49.1 Å². The first-order valence-corrected chi connectivity index (χ1v) is 13.7. The Morgan fingerprint density at radius 3 is 2.49 bits per heavy atom. The number of urea groups is 1. The molecular weight excluding hydrogens is 544 g/mol. The second kappa shape index (κ2) is 10.1. The van der Waals surface area contributed by atoms with E-state index in [-0.39, 0.29) is 17.2 Å².